The van der Waals surface area contributed by atoms with Gasteiger partial charge in [0.2, 0.25) is 0 Å². The van der Waals surface area contributed by atoms with Gasteiger partial charge in [-0.1, -0.05) is 23.2 Å². The molecule has 2 aromatic carbocycles. The summed E-state index contributed by atoms with van der Waals surface area (Å²) >= 11 is 12.1. The number of nitro groups is 1. The highest BCUT2D eigenvalue weighted by Crippen LogP contribution is 2.31. The smallest absolute Gasteiger partial charge is 0.292 e. The number of anilines is 2. The summed E-state index contributed by atoms with van der Waals surface area (Å²) in [4.78, 5) is 27.8. The van der Waals surface area contributed by atoms with Crippen LogP contribution in [0.3, 0.4) is 0 Å². The molecular weight excluding hydrogens is 455 g/mol. The zero-order valence-corrected chi connectivity index (χ0v) is 18.9. The number of rotatable bonds is 6. The Morgan fingerprint density at radius 1 is 1.16 bits per heavy atom. The van der Waals surface area contributed by atoms with Crippen LogP contribution in [0.2, 0.25) is 10.0 Å². The van der Waals surface area contributed by atoms with E-state index < -0.39 is 0 Å². The van der Waals surface area contributed by atoms with Gasteiger partial charge in [-0.25, -0.2) is 0 Å². The minimum atomic E-state index is -0.381. The number of nitrogens with zero attached hydrogens (tertiary/aromatic N) is 3. The average Bonchev–Trinajstić information content (AvgIpc) is 3.31. The molecule has 1 unspecified atom stereocenters. The molecule has 1 N–H and O–H groups in total. The molecule has 1 amide bonds. The minimum Gasteiger partial charge on any atom is -0.377 e. The summed E-state index contributed by atoms with van der Waals surface area (Å²) < 4.78 is 5.61. The van der Waals surface area contributed by atoms with Crippen molar-refractivity contribution in [2.24, 2.45) is 0 Å². The van der Waals surface area contributed by atoms with E-state index >= 15 is 0 Å². The second-order valence-corrected chi connectivity index (χ2v) is 8.72. The van der Waals surface area contributed by atoms with E-state index in [-0.39, 0.29) is 22.6 Å². The summed E-state index contributed by atoms with van der Waals surface area (Å²) in [5.41, 5.74) is 1.83. The predicted molar refractivity (Wildman–Crippen MR) is 125 cm³/mol. The molecule has 0 radical (unpaired) electrons. The number of piperazine rings is 1. The van der Waals surface area contributed by atoms with Crippen LogP contribution in [-0.2, 0) is 4.74 Å². The van der Waals surface area contributed by atoms with Crippen LogP contribution in [0.25, 0.3) is 0 Å². The van der Waals surface area contributed by atoms with Crippen LogP contribution in [0.5, 0.6) is 0 Å². The molecule has 0 bridgehead atoms. The van der Waals surface area contributed by atoms with Gasteiger partial charge in [-0.2, -0.15) is 0 Å². The first-order valence-electron chi connectivity index (χ1n) is 10.6. The van der Waals surface area contributed by atoms with Crippen molar-refractivity contribution in [3.05, 3.63) is 62.1 Å². The Morgan fingerprint density at radius 3 is 2.59 bits per heavy atom. The van der Waals surface area contributed by atoms with Gasteiger partial charge in [0.05, 0.1) is 21.6 Å². The molecule has 32 heavy (non-hydrogen) atoms. The molecule has 2 aliphatic rings. The zero-order valence-electron chi connectivity index (χ0n) is 17.4. The molecular formula is C22H24Cl2N4O4. The molecule has 0 spiro atoms. The Morgan fingerprint density at radius 2 is 1.94 bits per heavy atom. The fourth-order valence-corrected chi connectivity index (χ4v) is 4.54. The lowest BCUT2D eigenvalue weighted by Gasteiger charge is -2.36. The highest BCUT2D eigenvalue weighted by Gasteiger charge is 2.25. The minimum absolute atomic E-state index is 0.0398. The normalized spacial score (nSPS) is 18.6. The first-order valence-corrected chi connectivity index (χ1v) is 11.3. The number of hydrogen-bond acceptors (Lipinski definition) is 6. The van der Waals surface area contributed by atoms with E-state index in [4.69, 9.17) is 27.9 Å². The van der Waals surface area contributed by atoms with Gasteiger partial charge < -0.3 is 19.9 Å². The lowest BCUT2D eigenvalue weighted by Crippen LogP contribution is -2.48. The van der Waals surface area contributed by atoms with E-state index in [1.807, 2.05) is 0 Å². The van der Waals surface area contributed by atoms with Gasteiger partial charge in [-0.05, 0) is 43.2 Å². The molecule has 4 rings (SSSR count). The largest absolute Gasteiger partial charge is 0.377 e. The first kappa shape index (κ1) is 22.6. The second kappa shape index (κ2) is 9.94. The third kappa shape index (κ3) is 5.09. The van der Waals surface area contributed by atoms with Crippen LogP contribution >= 0.6 is 23.2 Å². The molecule has 2 heterocycles. The van der Waals surface area contributed by atoms with Gasteiger partial charge in [0, 0.05) is 56.1 Å². The summed E-state index contributed by atoms with van der Waals surface area (Å²) in [5.74, 6) is -0.131. The second-order valence-electron chi connectivity index (χ2n) is 7.88. The summed E-state index contributed by atoms with van der Waals surface area (Å²) in [7, 11) is 0. The molecule has 2 aromatic rings. The first-order chi connectivity index (χ1) is 15.4. The van der Waals surface area contributed by atoms with Crippen LogP contribution in [0.15, 0.2) is 36.4 Å². The monoisotopic (exact) mass is 478 g/mol. The van der Waals surface area contributed by atoms with Crippen molar-refractivity contribution in [3.63, 3.8) is 0 Å². The molecule has 10 heteroatoms. The zero-order chi connectivity index (χ0) is 22.7. The van der Waals surface area contributed by atoms with Gasteiger partial charge in [-0.15, -0.1) is 0 Å². The maximum atomic E-state index is 12.8. The van der Waals surface area contributed by atoms with Crippen molar-refractivity contribution in [2.75, 3.05) is 49.5 Å². The van der Waals surface area contributed by atoms with Gasteiger partial charge in [-0.3, -0.25) is 14.9 Å². The van der Waals surface area contributed by atoms with Crippen LogP contribution in [0.4, 0.5) is 17.1 Å². The van der Waals surface area contributed by atoms with E-state index in [9.17, 15) is 14.9 Å². The molecule has 0 aliphatic carbocycles. The Hall–Kier alpha value is -2.55. The summed E-state index contributed by atoms with van der Waals surface area (Å²) in [6, 6.07) is 9.94. The van der Waals surface area contributed by atoms with Crippen molar-refractivity contribution in [3.8, 4) is 0 Å². The van der Waals surface area contributed by atoms with Gasteiger partial charge in [0.1, 0.15) is 5.69 Å². The molecule has 0 saturated carbocycles. The van der Waals surface area contributed by atoms with Crippen LogP contribution < -0.4 is 10.2 Å². The van der Waals surface area contributed by atoms with Crippen molar-refractivity contribution >= 4 is 46.2 Å². The number of benzene rings is 2. The number of halogens is 2. The maximum absolute atomic E-state index is 12.8. The number of ether oxygens (including phenoxy) is 1. The van der Waals surface area contributed by atoms with E-state index in [2.05, 4.69) is 10.2 Å². The van der Waals surface area contributed by atoms with Crippen molar-refractivity contribution < 1.29 is 14.5 Å². The molecule has 2 fully saturated rings. The number of carbonyl (C=O) groups excluding carboxylic acids is 1. The van der Waals surface area contributed by atoms with Crippen molar-refractivity contribution in [1.82, 2.24) is 4.90 Å². The topological polar surface area (TPSA) is 88.0 Å². The average molecular weight is 479 g/mol. The van der Waals surface area contributed by atoms with Crippen molar-refractivity contribution in [2.45, 2.75) is 18.9 Å². The molecule has 0 aromatic heterocycles. The lowest BCUT2D eigenvalue weighted by atomic mass is 10.1. The Labute approximate surface area is 196 Å². The standard InChI is InChI=1S/C22H24Cl2N4O4/c23-15-3-5-18(19(24)12-15)22(29)27-9-7-26(8-10-27)16-4-6-21(28(30)31)20(13-16)25-14-17-2-1-11-32-17/h3-6,12-13,17,25H,1-2,7-11,14H2. The van der Waals surface area contributed by atoms with Gasteiger partial charge in [0.25, 0.3) is 11.6 Å². The number of amides is 1. The summed E-state index contributed by atoms with van der Waals surface area (Å²) in [6.45, 7) is 3.54. The predicted octanol–water partition coefficient (Wildman–Crippen LogP) is 4.45. The molecule has 1 atom stereocenters. The Balaban J connectivity index is 1.42. The van der Waals surface area contributed by atoms with Gasteiger partial charge in [0.15, 0.2) is 0 Å². The van der Waals surface area contributed by atoms with E-state index in [1.165, 1.54) is 6.07 Å². The van der Waals surface area contributed by atoms with E-state index in [0.29, 0.717) is 54.0 Å². The highest BCUT2D eigenvalue weighted by atomic mass is 35.5. The van der Waals surface area contributed by atoms with Crippen molar-refractivity contribution in [1.29, 1.82) is 0 Å². The fourth-order valence-electron chi connectivity index (χ4n) is 4.05. The van der Waals surface area contributed by atoms with Gasteiger partial charge >= 0.3 is 0 Å². The highest BCUT2D eigenvalue weighted by molar-refractivity contribution is 6.36. The maximum Gasteiger partial charge on any atom is 0.292 e. The number of nitro benzene ring substituents is 1. The lowest BCUT2D eigenvalue weighted by molar-refractivity contribution is -0.383. The van der Waals surface area contributed by atoms with E-state index in [1.54, 1.807) is 35.2 Å². The number of hydrogen-bond donors (Lipinski definition) is 1. The quantitative estimate of drug-likeness (QED) is 0.487. The fraction of sp³-hybridized carbons (Fsp3) is 0.409. The summed E-state index contributed by atoms with van der Waals surface area (Å²) in [6.07, 6.45) is 2.04. The number of carbonyl (C=O) groups is 1. The Kier molecular flexibility index (Phi) is 7.03. The van der Waals surface area contributed by atoms with Crippen LogP contribution in [-0.4, -0.2) is 61.2 Å². The SMILES string of the molecule is O=C(c1ccc(Cl)cc1Cl)N1CCN(c2ccc([N+](=O)[O-])c(NCC3CCCO3)c2)CC1. The third-order valence-corrected chi connectivity index (χ3v) is 6.36. The Bertz CT molecular complexity index is 1010. The van der Waals surface area contributed by atoms with Crippen LogP contribution in [0, 0.1) is 10.1 Å². The van der Waals surface area contributed by atoms with E-state index in [0.717, 1.165) is 25.1 Å². The molecule has 170 valence electrons. The third-order valence-electron chi connectivity index (χ3n) is 5.81. The molecule has 2 aliphatic heterocycles. The number of nitrogens with one attached hydrogen (secondary N) is 1. The van der Waals surface area contributed by atoms with Crippen LogP contribution in [0.1, 0.15) is 23.2 Å². The molecule has 2 saturated heterocycles. The summed E-state index contributed by atoms with van der Waals surface area (Å²) in [5, 5.41) is 15.5. The molecule has 8 nitrogen and oxygen atoms in total.